The van der Waals surface area contributed by atoms with E-state index in [1.165, 1.54) is 0 Å². The molecule has 96 valence electrons. The molecule has 2 atom stereocenters. The van der Waals surface area contributed by atoms with E-state index in [-0.39, 0.29) is 5.41 Å². The summed E-state index contributed by atoms with van der Waals surface area (Å²) in [4.78, 5) is 3.23. The van der Waals surface area contributed by atoms with Crippen LogP contribution in [-0.4, -0.2) is 10.1 Å². The zero-order valence-corrected chi connectivity index (χ0v) is 11.3. The molecule has 1 heterocycles. The van der Waals surface area contributed by atoms with Gasteiger partial charge in [0.05, 0.1) is 5.60 Å². The van der Waals surface area contributed by atoms with Crippen LogP contribution in [0.3, 0.4) is 0 Å². The van der Waals surface area contributed by atoms with Crippen molar-refractivity contribution in [3.63, 3.8) is 0 Å². The Balaban J connectivity index is 2.17. The minimum Gasteiger partial charge on any atom is -0.385 e. The monoisotopic (exact) mass is 243 g/mol. The van der Waals surface area contributed by atoms with Gasteiger partial charge in [0.1, 0.15) is 0 Å². The number of hydrogen-bond donors (Lipinski definition) is 2. The summed E-state index contributed by atoms with van der Waals surface area (Å²) in [5.41, 5.74) is 1.72. The lowest BCUT2D eigenvalue weighted by Crippen LogP contribution is -2.29. The molecule has 1 aromatic heterocycles. The summed E-state index contributed by atoms with van der Waals surface area (Å²) in [6.45, 7) is 6.66. The zero-order chi connectivity index (χ0) is 13.0. The van der Waals surface area contributed by atoms with Crippen LogP contribution in [0.5, 0.6) is 0 Å². The third-order valence-corrected chi connectivity index (χ3v) is 4.48. The molecular weight excluding hydrogens is 222 g/mol. The van der Waals surface area contributed by atoms with Crippen LogP contribution < -0.4 is 0 Å². The first-order valence-electron chi connectivity index (χ1n) is 6.71. The van der Waals surface area contributed by atoms with Gasteiger partial charge >= 0.3 is 0 Å². The highest BCUT2D eigenvalue weighted by Gasteiger charge is 2.48. The Bertz CT molecular complexity index is 584. The van der Waals surface area contributed by atoms with Gasteiger partial charge < -0.3 is 10.1 Å². The predicted molar refractivity (Wildman–Crippen MR) is 74.4 cm³/mol. The SMILES string of the molecule is CC1CC(C)(C)CC1(O)c1cccc2[nH]ccc12. The summed E-state index contributed by atoms with van der Waals surface area (Å²) in [5.74, 6) is 0.299. The third-order valence-electron chi connectivity index (χ3n) is 4.48. The Morgan fingerprint density at radius 3 is 2.72 bits per heavy atom. The highest BCUT2D eigenvalue weighted by atomic mass is 16.3. The lowest BCUT2D eigenvalue weighted by Gasteiger charge is -2.30. The number of hydrogen-bond acceptors (Lipinski definition) is 1. The van der Waals surface area contributed by atoms with E-state index in [0.29, 0.717) is 5.92 Å². The van der Waals surface area contributed by atoms with Crippen molar-refractivity contribution in [2.24, 2.45) is 11.3 Å². The molecule has 0 radical (unpaired) electrons. The number of fused-ring (bicyclic) bond motifs is 1. The average molecular weight is 243 g/mol. The van der Waals surface area contributed by atoms with Crippen molar-refractivity contribution in [1.82, 2.24) is 4.98 Å². The molecule has 3 rings (SSSR count). The van der Waals surface area contributed by atoms with Gasteiger partial charge in [-0.2, -0.15) is 0 Å². The number of aromatic nitrogens is 1. The molecule has 2 unspecified atom stereocenters. The minimum atomic E-state index is -0.689. The quantitative estimate of drug-likeness (QED) is 0.785. The molecule has 1 aliphatic rings. The Hall–Kier alpha value is -1.28. The van der Waals surface area contributed by atoms with Crippen LogP contribution in [0.4, 0.5) is 0 Å². The van der Waals surface area contributed by atoms with Crippen molar-refractivity contribution in [2.75, 3.05) is 0 Å². The first kappa shape index (κ1) is 11.8. The molecule has 0 aliphatic heterocycles. The van der Waals surface area contributed by atoms with Gasteiger partial charge in [0.2, 0.25) is 0 Å². The molecule has 1 aliphatic carbocycles. The molecule has 2 aromatic rings. The van der Waals surface area contributed by atoms with Gasteiger partial charge in [-0.25, -0.2) is 0 Å². The molecule has 2 nitrogen and oxygen atoms in total. The van der Waals surface area contributed by atoms with Crippen molar-refractivity contribution < 1.29 is 5.11 Å². The first-order valence-corrected chi connectivity index (χ1v) is 6.71. The summed E-state index contributed by atoms with van der Waals surface area (Å²) in [6, 6.07) is 8.24. The van der Waals surface area contributed by atoms with E-state index >= 15 is 0 Å². The van der Waals surface area contributed by atoms with Gasteiger partial charge in [0, 0.05) is 17.1 Å². The maximum atomic E-state index is 11.2. The second kappa shape index (κ2) is 3.61. The largest absolute Gasteiger partial charge is 0.385 e. The molecule has 0 spiro atoms. The Morgan fingerprint density at radius 2 is 2.06 bits per heavy atom. The molecule has 1 fully saturated rings. The van der Waals surface area contributed by atoms with Gasteiger partial charge in [-0.1, -0.05) is 32.9 Å². The van der Waals surface area contributed by atoms with Gasteiger partial charge in [0.25, 0.3) is 0 Å². The fourth-order valence-electron chi connectivity index (χ4n) is 3.80. The Morgan fingerprint density at radius 1 is 1.28 bits per heavy atom. The van der Waals surface area contributed by atoms with Crippen LogP contribution in [0.25, 0.3) is 10.9 Å². The number of rotatable bonds is 1. The normalized spacial score (nSPS) is 31.0. The minimum absolute atomic E-state index is 0.215. The van der Waals surface area contributed by atoms with Crippen LogP contribution in [0, 0.1) is 11.3 Å². The standard InChI is InChI=1S/C16H21NO/c1-11-9-15(2,3)10-16(11,18)13-5-4-6-14-12(13)7-8-17-14/h4-8,11,17-18H,9-10H2,1-3H3. The van der Waals surface area contributed by atoms with Gasteiger partial charge in [-0.05, 0) is 41.9 Å². The Kier molecular flexibility index (Phi) is 2.36. The highest BCUT2D eigenvalue weighted by molar-refractivity contribution is 5.83. The fourth-order valence-corrected chi connectivity index (χ4v) is 3.80. The van der Waals surface area contributed by atoms with Crippen molar-refractivity contribution in [1.29, 1.82) is 0 Å². The zero-order valence-electron chi connectivity index (χ0n) is 11.3. The van der Waals surface area contributed by atoms with Gasteiger partial charge in [-0.15, -0.1) is 0 Å². The van der Waals surface area contributed by atoms with Crippen LogP contribution in [0.15, 0.2) is 30.5 Å². The van der Waals surface area contributed by atoms with Crippen molar-refractivity contribution in [2.45, 2.75) is 39.2 Å². The average Bonchev–Trinajstić information content (AvgIpc) is 2.81. The molecular formula is C16H21NO. The maximum Gasteiger partial charge on any atom is 0.0933 e. The second-order valence-corrected chi connectivity index (χ2v) is 6.61. The van der Waals surface area contributed by atoms with Crippen molar-refractivity contribution in [3.05, 3.63) is 36.0 Å². The van der Waals surface area contributed by atoms with Crippen molar-refractivity contribution >= 4 is 10.9 Å². The van der Waals surface area contributed by atoms with Gasteiger partial charge in [-0.3, -0.25) is 0 Å². The van der Waals surface area contributed by atoms with Crippen LogP contribution >= 0.6 is 0 Å². The van der Waals surface area contributed by atoms with E-state index in [1.54, 1.807) is 0 Å². The molecule has 2 heteroatoms. The molecule has 0 amide bonds. The van der Waals surface area contributed by atoms with Crippen LogP contribution in [0.2, 0.25) is 0 Å². The fraction of sp³-hybridized carbons (Fsp3) is 0.500. The molecule has 0 bridgehead atoms. The van der Waals surface area contributed by atoms with E-state index in [9.17, 15) is 5.11 Å². The second-order valence-electron chi connectivity index (χ2n) is 6.61. The smallest absolute Gasteiger partial charge is 0.0933 e. The van der Waals surface area contributed by atoms with E-state index in [4.69, 9.17) is 0 Å². The number of benzene rings is 1. The molecule has 18 heavy (non-hydrogen) atoms. The van der Waals surface area contributed by atoms with Gasteiger partial charge in [0.15, 0.2) is 0 Å². The topological polar surface area (TPSA) is 36.0 Å². The summed E-state index contributed by atoms with van der Waals surface area (Å²) in [6.07, 6.45) is 3.86. The van der Waals surface area contributed by atoms with Crippen molar-refractivity contribution in [3.8, 4) is 0 Å². The number of aromatic amines is 1. The summed E-state index contributed by atoms with van der Waals surface area (Å²) in [7, 11) is 0. The maximum absolute atomic E-state index is 11.2. The molecule has 0 saturated heterocycles. The summed E-state index contributed by atoms with van der Waals surface area (Å²) < 4.78 is 0. The van der Waals surface area contributed by atoms with E-state index in [1.807, 2.05) is 12.3 Å². The van der Waals surface area contributed by atoms with E-state index in [2.05, 4.69) is 44.0 Å². The third kappa shape index (κ3) is 1.59. The molecule has 1 aromatic carbocycles. The Labute approximate surface area is 108 Å². The lowest BCUT2D eigenvalue weighted by molar-refractivity contribution is 0.000601. The first-order chi connectivity index (χ1) is 8.42. The molecule has 2 N–H and O–H groups in total. The predicted octanol–water partition coefficient (Wildman–Crippen LogP) is 3.81. The number of H-pyrrole nitrogens is 1. The van der Waals surface area contributed by atoms with E-state index in [0.717, 1.165) is 29.3 Å². The molecule has 1 saturated carbocycles. The van der Waals surface area contributed by atoms with Crippen LogP contribution in [0.1, 0.15) is 39.2 Å². The summed E-state index contributed by atoms with van der Waals surface area (Å²) >= 11 is 0. The lowest BCUT2D eigenvalue weighted by atomic mass is 9.82. The number of aliphatic hydroxyl groups is 1. The highest BCUT2D eigenvalue weighted by Crippen LogP contribution is 2.53. The van der Waals surface area contributed by atoms with Crippen LogP contribution in [-0.2, 0) is 5.60 Å². The summed E-state index contributed by atoms with van der Waals surface area (Å²) in [5, 5.41) is 12.3. The van der Waals surface area contributed by atoms with E-state index < -0.39 is 5.60 Å². The number of nitrogens with one attached hydrogen (secondary N) is 1.